The molecular weight excluding hydrogens is 365 g/mol. The third-order valence-corrected chi connectivity index (χ3v) is 4.65. The van der Waals surface area contributed by atoms with Gasteiger partial charge in [-0.05, 0) is 36.4 Å². The van der Waals surface area contributed by atoms with Gasteiger partial charge in [0, 0.05) is 13.0 Å². The van der Waals surface area contributed by atoms with E-state index >= 15 is 0 Å². The summed E-state index contributed by atoms with van der Waals surface area (Å²) in [6, 6.07) is 12.0. The zero-order valence-electron chi connectivity index (χ0n) is 13.5. The molecule has 2 aromatic carbocycles. The number of nitrogens with zero attached hydrogens (tertiary/aromatic N) is 1. The third-order valence-electron chi connectivity index (χ3n) is 3.55. The Balaban J connectivity index is 1.42. The van der Waals surface area contributed by atoms with E-state index in [9.17, 15) is 18.0 Å². The number of carbonyl (C=O) groups excluding carboxylic acids is 1. The maximum absolute atomic E-state index is 12.5. The highest BCUT2D eigenvalue weighted by Crippen LogP contribution is 2.30. The van der Waals surface area contributed by atoms with Gasteiger partial charge in [-0.1, -0.05) is 12.1 Å². The minimum absolute atomic E-state index is 0.208. The van der Waals surface area contributed by atoms with Gasteiger partial charge in [-0.2, -0.15) is 13.2 Å². The molecule has 136 valence electrons. The van der Waals surface area contributed by atoms with Gasteiger partial charge in [0.2, 0.25) is 0 Å². The average molecular weight is 380 g/mol. The number of benzene rings is 2. The van der Waals surface area contributed by atoms with Crippen LogP contribution in [0.15, 0.2) is 48.5 Å². The van der Waals surface area contributed by atoms with Crippen molar-refractivity contribution in [3.63, 3.8) is 0 Å². The van der Waals surface area contributed by atoms with Crippen LogP contribution in [-0.4, -0.2) is 24.0 Å². The number of rotatable bonds is 6. The monoisotopic (exact) mass is 380 g/mol. The van der Waals surface area contributed by atoms with Gasteiger partial charge in [0.25, 0.3) is 5.91 Å². The van der Waals surface area contributed by atoms with Crippen molar-refractivity contribution in [2.45, 2.75) is 12.6 Å². The van der Waals surface area contributed by atoms with Crippen molar-refractivity contribution in [3.05, 3.63) is 59.1 Å². The van der Waals surface area contributed by atoms with Crippen LogP contribution in [0.4, 0.5) is 13.2 Å². The van der Waals surface area contributed by atoms with Gasteiger partial charge in [0.05, 0.1) is 20.8 Å². The normalized spacial score (nSPS) is 11.5. The lowest BCUT2D eigenvalue weighted by Crippen LogP contribution is -2.30. The predicted molar refractivity (Wildman–Crippen MR) is 93.3 cm³/mol. The number of amides is 1. The number of nitrogens with one attached hydrogen (secondary N) is 1. The number of hydrogen-bond acceptors (Lipinski definition) is 4. The largest absolute Gasteiger partial charge is 0.484 e. The fourth-order valence-corrected chi connectivity index (χ4v) is 3.24. The molecule has 0 spiro atoms. The Kier molecular flexibility index (Phi) is 5.41. The molecule has 4 nitrogen and oxygen atoms in total. The highest BCUT2D eigenvalue weighted by molar-refractivity contribution is 7.18. The molecule has 0 fully saturated rings. The molecule has 0 radical (unpaired) electrons. The molecule has 8 heteroatoms. The van der Waals surface area contributed by atoms with E-state index in [4.69, 9.17) is 4.74 Å². The summed E-state index contributed by atoms with van der Waals surface area (Å²) < 4.78 is 43.7. The van der Waals surface area contributed by atoms with E-state index in [1.807, 2.05) is 24.3 Å². The van der Waals surface area contributed by atoms with E-state index in [-0.39, 0.29) is 18.3 Å². The zero-order chi connectivity index (χ0) is 18.6. The molecule has 1 aromatic heterocycles. The quantitative estimate of drug-likeness (QED) is 0.702. The van der Waals surface area contributed by atoms with E-state index in [2.05, 4.69) is 10.3 Å². The Bertz CT molecular complexity index is 858. The van der Waals surface area contributed by atoms with Gasteiger partial charge in [-0.15, -0.1) is 11.3 Å². The summed E-state index contributed by atoms with van der Waals surface area (Å²) in [5, 5.41) is 3.63. The summed E-state index contributed by atoms with van der Waals surface area (Å²) in [5.74, 6) is -0.134. The number of halogens is 3. The molecule has 0 saturated carbocycles. The van der Waals surface area contributed by atoms with Crippen molar-refractivity contribution < 1.29 is 22.7 Å². The van der Waals surface area contributed by atoms with Gasteiger partial charge in [0.1, 0.15) is 5.75 Å². The first-order valence-electron chi connectivity index (χ1n) is 7.83. The number of alkyl halides is 3. The highest BCUT2D eigenvalue weighted by Gasteiger charge is 2.30. The van der Waals surface area contributed by atoms with Crippen molar-refractivity contribution in [3.8, 4) is 5.75 Å². The van der Waals surface area contributed by atoms with Crippen LogP contribution in [0.2, 0.25) is 0 Å². The standard InChI is InChI=1S/C18H15F3N2O2S/c19-18(20,21)12-5-7-13(8-6-12)25-11-16(24)22-10-9-17-23-14-3-1-2-4-15(14)26-17/h1-8H,9-11H2,(H,22,24). The summed E-state index contributed by atoms with van der Waals surface area (Å²) in [6.45, 7) is 0.153. The fraction of sp³-hybridized carbons (Fsp3) is 0.222. The Morgan fingerprint density at radius 2 is 1.85 bits per heavy atom. The molecule has 0 saturated heterocycles. The zero-order valence-corrected chi connectivity index (χ0v) is 14.4. The van der Waals surface area contributed by atoms with Crippen LogP contribution in [0, 0.1) is 0 Å². The molecule has 0 bridgehead atoms. The number of para-hydroxylation sites is 1. The van der Waals surface area contributed by atoms with Crippen LogP contribution >= 0.6 is 11.3 Å². The smallest absolute Gasteiger partial charge is 0.416 e. The van der Waals surface area contributed by atoms with Crippen LogP contribution in [0.3, 0.4) is 0 Å². The topological polar surface area (TPSA) is 51.2 Å². The maximum atomic E-state index is 12.5. The molecule has 0 atom stereocenters. The molecule has 0 aliphatic carbocycles. The lowest BCUT2D eigenvalue weighted by molar-refractivity contribution is -0.137. The molecule has 1 heterocycles. The second-order valence-electron chi connectivity index (χ2n) is 5.49. The van der Waals surface area contributed by atoms with E-state index < -0.39 is 11.7 Å². The van der Waals surface area contributed by atoms with Crippen molar-refractivity contribution in [2.75, 3.05) is 13.2 Å². The van der Waals surface area contributed by atoms with Crippen molar-refractivity contribution in [1.82, 2.24) is 10.3 Å². The summed E-state index contributed by atoms with van der Waals surface area (Å²) in [5.41, 5.74) is 0.176. The molecular formula is C18H15F3N2O2S. The van der Waals surface area contributed by atoms with Crippen LogP contribution in [-0.2, 0) is 17.4 Å². The van der Waals surface area contributed by atoms with Crippen molar-refractivity contribution >= 4 is 27.5 Å². The average Bonchev–Trinajstić information content (AvgIpc) is 3.02. The summed E-state index contributed by atoms with van der Waals surface area (Å²) in [4.78, 5) is 16.2. The summed E-state index contributed by atoms with van der Waals surface area (Å²) in [6.07, 6.45) is -3.79. The number of fused-ring (bicyclic) bond motifs is 1. The van der Waals surface area contributed by atoms with E-state index in [0.717, 1.165) is 27.4 Å². The van der Waals surface area contributed by atoms with Crippen molar-refractivity contribution in [1.29, 1.82) is 0 Å². The maximum Gasteiger partial charge on any atom is 0.416 e. The molecule has 0 unspecified atom stereocenters. The number of hydrogen-bond donors (Lipinski definition) is 1. The first kappa shape index (κ1) is 18.2. The molecule has 0 aliphatic rings. The lowest BCUT2D eigenvalue weighted by Gasteiger charge is -2.09. The third kappa shape index (κ3) is 4.72. The Morgan fingerprint density at radius 3 is 2.54 bits per heavy atom. The second kappa shape index (κ2) is 7.74. The van der Waals surface area contributed by atoms with Gasteiger partial charge in [-0.25, -0.2) is 4.98 Å². The summed E-state index contributed by atoms with van der Waals surface area (Å²) in [7, 11) is 0. The Labute approximate surface area is 151 Å². The molecule has 3 aromatic rings. The first-order valence-corrected chi connectivity index (χ1v) is 8.65. The van der Waals surface area contributed by atoms with Crippen molar-refractivity contribution in [2.24, 2.45) is 0 Å². The minimum Gasteiger partial charge on any atom is -0.484 e. The molecule has 1 amide bonds. The number of thiazole rings is 1. The van der Waals surface area contributed by atoms with Gasteiger partial charge in [-0.3, -0.25) is 4.79 Å². The van der Waals surface area contributed by atoms with E-state index in [1.165, 1.54) is 12.1 Å². The van der Waals surface area contributed by atoms with Gasteiger partial charge in [0.15, 0.2) is 6.61 Å². The van der Waals surface area contributed by atoms with Crippen LogP contribution in [0.5, 0.6) is 5.75 Å². The Hall–Kier alpha value is -2.61. The van der Waals surface area contributed by atoms with Crippen LogP contribution in [0.1, 0.15) is 10.6 Å². The number of ether oxygens (including phenoxy) is 1. The molecule has 26 heavy (non-hydrogen) atoms. The van der Waals surface area contributed by atoms with E-state index in [1.54, 1.807) is 11.3 Å². The molecule has 0 aliphatic heterocycles. The Morgan fingerprint density at radius 1 is 1.12 bits per heavy atom. The minimum atomic E-state index is -4.39. The lowest BCUT2D eigenvalue weighted by atomic mass is 10.2. The number of carbonyl (C=O) groups is 1. The second-order valence-corrected chi connectivity index (χ2v) is 6.60. The molecule has 3 rings (SSSR count). The van der Waals surface area contributed by atoms with Crippen LogP contribution < -0.4 is 10.1 Å². The SMILES string of the molecule is O=C(COc1ccc(C(F)(F)F)cc1)NCCc1nc2ccccc2s1. The van der Waals surface area contributed by atoms with Gasteiger partial charge >= 0.3 is 6.18 Å². The molecule has 1 N–H and O–H groups in total. The first-order chi connectivity index (χ1) is 12.4. The van der Waals surface area contributed by atoms with Gasteiger partial charge < -0.3 is 10.1 Å². The van der Waals surface area contributed by atoms with Crippen LogP contribution in [0.25, 0.3) is 10.2 Å². The van der Waals surface area contributed by atoms with E-state index in [0.29, 0.717) is 13.0 Å². The summed E-state index contributed by atoms with van der Waals surface area (Å²) >= 11 is 1.58. The highest BCUT2D eigenvalue weighted by atomic mass is 32.1. The fourth-order valence-electron chi connectivity index (χ4n) is 2.28. The predicted octanol–water partition coefficient (Wildman–Crippen LogP) is 4.05. The number of aromatic nitrogens is 1.